The van der Waals surface area contributed by atoms with Gasteiger partial charge in [0, 0.05) is 4.75 Å². The Labute approximate surface area is 82.5 Å². The molecule has 0 fully saturated rings. The SMILES string of the molecule is CCCCC[CH]CC(C)(C)SC. The van der Waals surface area contributed by atoms with Crippen molar-refractivity contribution in [1.82, 2.24) is 0 Å². The fraction of sp³-hybridized carbons (Fsp3) is 0.909. The van der Waals surface area contributed by atoms with E-state index in [0.717, 1.165) is 0 Å². The summed E-state index contributed by atoms with van der Waals surface area (Å²) < 4.78 is 0.451. The van der Waals surface area contributed by atoms with Crippen molar-refractivity contribution < 1.29 is 0 Å². The Morgan fingerprint density at radius 3 is 2.42 bits per heavy atom. The predicted molar refractivity (Wildman–Crippen MR) is 60.7 cm³/mol. The van der Waals surface area contributed by atoms with Crippen LogP contribution in [0.3, 0.4) is 0 Å². The lowest BCUT2D eigenvalue weighted by atomic mass is 10.0. The summed E-state index contributed by atoms with van der Waals surface area (Å²) in [4.78, 5) is 0. The first-order chi connectivity index (χ1) is 5.62. The van der Waals surface area contributed by atoms with Gasteiger partial charge in [0.05, 0.1) is 0 Å². The number of hydrogen-bond acceptors (Lipinski definition) is 1. The van der Waals surface area contributed by atoms with Crippen molar-refractivity contribution in [2.24, 2.45) is 0 Å². The second-order valence-corrected chi connectivity index (χ2v) is 5.47. The largest absolute Gasteiger partial charge is 0.159 e. The van der Waals surface area contributed by atoms with E-state index in [1.807, 2.05) is 11.8 Å². The molecule has 0 aliphatic rings. The van der Waals surface area contributed by atoms with Gasteiger partial charge in [-0.2, -0.15) is 11.8 Å². The van der Waals surface area contributed by atoms with Crippen LogP contribution in [0.25, 0.3) is 0 Å². The molecule has 0 spiro atoms. The number of thioether (sulfide) groups is 1. The summed E-state index contributed by atoms with van der Waals surface area (Å²) in [7, 11) is 0. The molecule has 0 rings (SSSR count). The van der Waals surface area contributed by atoms with Gasteiger partial charge in [0.15, 0.2) is 0 Å². The minimum Gasteiger partial charge on any atom is -0.159 e. The molecule has 1 heteroatoms. The van der Waals surface area contributed by atoms with Crippen LogP contribution in [0.5, 0.6) is 0 Å². The minimum absolute atomic E-state index is 0.451. The van der Waals surface area contributed by atoms with Gasteiger partial charge in [-0.1, -0.05) is 46.5 Å². The molecule has 0 saturated heterocycles. The molecule has 0 atom stereocenters. The Morgan fingerprint density at radius 2 is 1.92 bits per heavy atom. The van der Waals surface area contributed by atoms with Crippen LogP contribution >= 0.6 is 11.8 Å². The number of rotatable bonds is 7. The summed E-state index contributed by atoms with van der Waals surface area (Å²) in [6.07, 6.45) is 11.3. The lowest BCUT2D eigenvalue weighted by Gasteiger charge is -2.21. The number of hydrogen-bond donors (Lipinski definition) is 0. The van der Waals surface area contributed by atoms with Gasteiger partial charge < -0.3 is 0 Å². The topological polar surface area (TPSA) is 0 Å². The Morgan fingerprint density at radius 1 is 1.25 bits per heavy atom. The fourth-order valence-corrected chi connectivity index (χ4v) is 1.36. The maximum atomic E-state index is 2.45. The summed E-state index contributed by atoms with van der Waals surface area (Å²) in [6, 6.07) is 0. The van der Waals surface area contributed by atoms with E-state index in [4.69, 9.17) is 0 Å². The Bertz CT molecular complexity index is 97.2. The van der Waals surface area contributed by atoms with E-state index < -0.39 is 0 Å². The zero-order chi connectivity index (χ0) is 9.45. The van der Waals surface area contributed by atoms with Crippen LogP contribution in [0.2, 0.25) is 0 Å². The van der Waals surface area contributed by atoms with Crippen LogP contribution in [0.15, 0.2) is 0 Å². The van der Waals surface area contributed by atoms with Gasteiger partial charge in [-0.05, 0) is 19.1 Å². The van der Waals surface area contributed by atoms with E-state index >= 15 is 0 Å². The van der Waals surface area contributed by atoms with Gasteiger partial charge in [0.2, 0.25) is 0 Å². The molecular formula is C11H23S. The van der Waals surface area contributed by atoms with E-state index in [1.165, 1.54) is 32.1 Å². The molecule has 0 aromatic carbocycles. The van der Waals surface area contributed by atoms with E-state index in [2.05, 4.69) is 33.4 Å². The second kappa shape index (κ2) is 6.82. The normalized spacial score (nSPS) is 12.0. The highest BCUT2D eigenvalue weighted by Crippen LogP contribution is 2.27. The average molecular weight is 187 g/mol. The fourth-order valence-electron chi connectivity index (χ4n) is 1.07. The van der Waals surface area contributed by atoms with Crippen molar-refractivity contribution in [2.75, 3.05) is 6.26 Å². The lowest BCUT2D eigenvalue weighted by Crippen LogP contribution is -2.13. The minimum atomic E-state index is 0.451. The van der Waals surface area contributed by atoms with Crippen molar-refractivity contribution in [1.29, 1.82) is 0 Å². The highest BCUT2D eigenvalue weighted by Gasteiger charge is 2.14. The third-order valence-corrected chi connectivity index (χ3v) is 3.47. The zero-order valence-corrected chi connectivity index (χ0v) is 9.84. The highest BCUT2D eigenvalue weighted by atomic mass is 32.2. The molecule has 0 aromatic heterocycles. The van der Waals surface area contributed by atoms with Gasteiger partial charge in [-0.15, -0.1) is 0 Å². The first kappa shape index (κ1) is 12.3. The third-order valence-electron chi connectivity index (χ3n) is 2.20. The Hall–Kier alpha value is 0.350. The summed E-state index contributed by atoms with van der Waals surface area (Å²) in [5.41, 5.74) is 0. The van der Waals surface area contributed by atoms with Gasteiger partial charge in [-0.3, -0.25) is 0 Å². The van der Waals surface area contributed by atoms with Crippen molar-refractivity contribution in [2.45, 2.75) is 57.6 Å². The molecule has 0 aliphatic heterocycles. The molecule has 0 nitrogen and oxygen atoms in total. The molecule has 0 N–H and O–H groups in total. The molecule has 0 aliphatic carbocycles. The van der Waals surface area contributed by atoms with Crippen molar-refractivity contribution in [3.05, 3.63) is 6.42 Å². The summed E-state index contributed by atoms with van der Waals surface area (Å²) in [5, 5.41) is 0. The van der Waals surface area contributed by atoms with Gasteiger partial charge in [0.25, 0.3) is 0 Å². The van der Waals surface area contributed by atoms with Crippen LogP contribution < -0.4 is 0 Å². The molecular weight excluding hydrogens is 164 g/mol. The molecule has 0 heterocycles. The van der Waals surface area contributed by atoms with Crippen molar-refractivity contribution >= 4 is 11.8 Å². The standard InChI is InChI=1S/C11H23S/c1-5-6-7-8-9-10-11(2,3)12-4/h9H,5-8,10H2,1-4H3. The quantitative estimate of drug-likeness (QED) is 0.535. The van der Waals surface area contributed by atoms with Crippen molar-refractivity contribution in [3.8, 4) is 0 Å². The lowest BCUT2D eigenvalue weighted by molar-refractivity contribution is 0.639. The molecule has 0 aromatic rings. The summed E-state index contributed by atoms with van der Waals surface area (Å²) in [6.45, 7) is 6.88. The highest BCUT2D eigenvalue weighted by molar-refractivity contribution is 7.99. The van der Waals surface area contributed by atoms with Gasteiger partial charge >= 0.3 is 0 Å². The average Bonchev–Trinajstić information content (AvgIpc) is 2.04. The van der Waals surface area contributed by atoms with E-state index in [1.54, 1.807) is 0 Å². The summed E-state index contributed by atoms with van der Waals surface area (Å²) in [5.74, 6) is 0. The van der Waals surface area contributed by atoms with E-state index in [-0.39, 0.29) is 0 Å². The maximum absolute atomic E-state index is 2.45. The number of unbranched alkanes of at least 4 members (excludes halogenated alkanes) is 4. The second-order valence-electron chi connectivity index (χ2n) is 3.95. The third kappa shape index (κ3) is 7.02. The Balaban J connectivity index is 3.19. The maximum Gasteiger partial charge on any atom is 0.0103 e. The first-order valence-corrected chi connectivity index (χ1v) is 6.21. The first-order valence-electron chi connectivity index (χ1n) is 4.99. The van der Waals surface area contributed by atoms with Gasteiger partial charge in [-0.25, -0.2) is 0 Å². The van der Waals surface area contributed by atoms with Crippen LogP contribution in [0.1, 0.15) is 52.9 Å². The Kier molecular flexibility index (Phi) is 7.02. The zero-order valence-electron chi connectivity index (χ0n) is 9.02. The molecule has 0 amide bonds. The van der Waals surface area contributed by atoms with E-state index in [0.29, 0.717) is 4.75 Å². The summed E-state index contributed by atoms with van der Waals surface area (Å²) >= 11 is 1.96. The van der Waals surface area contributed by atoms with Crippen LogP contribution in [-0.2, 0) is 0 Å². The van der Waals surface area contributed by atoms with Crippen molar-refractivity contribution in [3.63, 3.8) is 0 Å². The van der Waals surface area contributed by atoms with Gasteiger partial charge in [0.1, 0.15) is 0 Å². The molecule has 1 radical (unpaired) electrons. The molecule has 0 saturated carbocycles. The van der Waals surface area contributed by atoms with Crippen LogP contribution in [0.4, 0.5) is 0 Å². The van der Waals surface area contributed by atoms with Crippen LogP contribution in [-0.4, -0.2) is 11.0 Å². The van der Waals surface area contributed by atoms with E-state index in [9.17, 15) is 0 Å². The predicted octanol–water partition coefficient (Wildman–Crippen LogP) is 4.30. The molecule has 0 bridgehead atoms. The monoisotopic (exact) mass is 187 g/mol. The van der Waals surface area contributed by atoms with Crippen LogP contribution in [0, 0.1) is 6.42 Å². The molecule has 12 heavy (non-hydrogen) atoms. The molecule has 0 unspecified atom stereocenters. The molecule has 73 valence electrons. The smallest absolute Gasteiger partial charge is 0.0103 e.